The number of hydrazone groups is 1. The van der Waals surface area contributed by atoms with Crippen LogP contribution in [-0.4, -0.2) is 29.5 Å². The quantitative estimate of drug-likeness (QED) is 0.336. The standard InChI is InChI=1S/C31H29N3O3/c1-21-28-26(32-33-30(35)25-18-16-24(17-19-25)23-12-7-4-8-13-23)14-9-15-27(28)37-29(21)31(36)34(2)20-22-10-5-3-6-11-22/h3-8,10-13,16-19H,9,14-15,20H2,1-2H3,(H,33,35)/b32-26+. The summed E-state index contributed by atoms with van der Waals surface area (Å²) in [6.45, 7) is 2.38. The predicted molar refractivity (Wildman–Crippen MR) is 145 cm³/mol. The van der Waals surface area contributed by atoms with E-state index in [0.717, 1.165) is 52.1 Å². The highest BCUT2D eigenvalue weighted by atomic mass is 16.4. The SMILES string of the molecule is Cc1c(C(=O)N(C)Cc2ccccc2)oc2c1/C(=N/NC(=O)c1ccc(-c3ccccc3)cc1)CCC2. The number of nitrogens with one attached hydrogen (secondary N) is 1. The van der Waals surface area contributed by atoms with Gasteiger partial charge in [-0.25, -0.2) is 5.43 Å². The summed E-state index contributed by atoms with van der Waals surface area (Å²) >= 11 is 0. The Labute approximate surface area is 216 Å². The average molecular weight is 492 g/mol. The fourth-order valence-corrected chi connectivity index (χ4v) is 4.71. The molecule has 6 heteroatoms. The molecule has 0 unspecified atom stereocenters. The molecule has 0 radical (unpaired) electrons. The fraction of sp³-hybridized carbons (Fsp3) is 0.194. The molecule has 0 fully saturated rings. The van der Waals surface area contributed by atoms with Gasteiger partial charge in [-0.15, -0.1) is 0 Å². The maximum atomic E-state index is 13.2. The zero-order chi connectivity index (χ0) is 25.8. The number of carbonyl (C=O) groups excluding carboxylic acids is 2. The zero-order valence-electron chi connectivity index (χ0n) is 21.0. The minimum atomic E-state index is -0.278. The summed E-state index contributed by atoms with van der Waals surface area (Å²) in [5, 5.41) is 4.46. The van der Waals surface area contributed by atoms with Gasteiger partial charge >= 0.3 is 0 Å². The number of hydrogen-bond donors (Lipinski definition) is 1. The van der Waals surface area contributed by atoms with Gasteiger partial charge in [0, 0.05) is 36.7 Å². The molecule has 0 saturated heterocycles. The molecule has 0 saturated carbocycles. The molecule has 5 rings (SSSR count). The molecule has 37 heavy (non-hydrogen) atoms. The van der Waals surface area contributed by atoms with Crippen LogP contribution in [-0.2, 0) is 13.0 Å². The molecule has 186 valence electrons. The van der Waals surface area contributed by atoms with Crippen LogP contribution in [0.1, 0.15) is 56.2 Å². The summed E-state index contributed by atoms with van der Waals surface area (Å²) in [6.07, 6.45) is 2.28. The molecule has 1 aliphatic carbocycles. The van der Waals surface area contributed by atoms with Crippen LogP contribution in [0.3, 0.4) is 0 Å². The van der Waals surface area contributed by atoms with Crippen LogP contribution in [0.4, 0.5) is 0 Å². The molecule has 0 spiro atoms. The minimum Gasteiger partial charge on any atom is -0.455 e. The smallest absolute Gasteiger partial charge is 0.289 e. The van der Waals surface area contributed by atoms with Gasteiger partial charge in [0.05, 0.1) is 5.71 Å². The third kappa shape index (κ3) is 5.23. The van der Waals surface area contributed by atoms with Crippen molar-refractivity contribution >= 4 is 17.5 Å². The van der Waals surface area contributed by atoms with Crippen molar-refractivity contribution in [3.8, 4) is 11.1 Å². The van der Waals surface area contributed by atoms with Crippen molar-refractivity contribution in [2.45, 2.75) is 32.7 Å². The van der Waals surface area contributed by atoms with Crippen LogP contribution in [0.5, 0.6) is 0 Å². The van der Waals surface area contributed by atoms with Gasteiger partial charge < -0.3 is 9.32 Å². The van der Waals surface area contributed by atoms with Crippen molar-refractivity contribution in [1.82, 2.24) is 10.3 Å². The number of aryl methyl sites for hydroxylation is 1. The average Bonchev–Trinajstić information content (AvgIpc) is 3.29. The predicted octanol–water partition coefficient (Wildman–Crippen LogP) is 6.00. The van der Waals surface area contributed by atoms with Gasteiger partial charge in [0.2, 0.25) is 0 Å². The summed E-state index contributed by atoms with van der Waals surface area (Å²) in [4.78, 5) is 27.7. The van der Waals surface area contributed by atoms with Gasteiger partial charge in [-0.1, -0.05) is 72.8 Å². The lowest BCUT2D eigenvalue weighted by atomic mass is 9.93. The number of amides is 2. The number of rotatable bonds is 6. The van der Waals surface area contributed by atoms with E-state index in [1.54, 1.807) is 24.1 Å². The van der Waals surface area contributed by atoms with Gasteiger partial charge in [-0.2, -0.15) is 5.10 Å². The number of nitrogens with zero attached hydrogens (tertiary/aromatic N) is 2. The van der Waals surface area contributed by atoms with Crippen LogP contribution in [0.15, 0.2) is 94.4 Å². The molecule has 3 aromatic carbocycles. The third-order valence-corrected chi connectivity index (χ3v) is 6.68. The van der Waals surface area contributed by atoms with E-state index in [1.807, 2.05) is 79.7 Å². The Bertz CT molecular complexity index is 1440. The lowest BCUT2D eigenvalue weighted by Crippen LogP contribution is -2.26. The van der Waals surface area contributed by atoms with E-state index in [1.165, 1.54) is 0 Å². The van der Waals surface area contributed by atoms with Crippen molar-refractivity contribution in [3.63, 3.8) is 0 Å². The van der Waals surface area contributed by atoms with Crippen molar-refractivity contribution in [1.29, 1.82) is 0 Å². The van der Waals surface area contributed by atoms with E-state index in [4.69, 9.17) is 4.42 Å². The molecule has 6 nitrogen and oxygen atoms in total. The van der Waals surface area contributed by atoms with Crippen molar-refractivity contribution in [2.75, 3.05) is 7.05 Å². The van der Waals surface area contributed by atoms with Crippen LogP contribution in [0.2, 0.25) is 0 Å². The van der Waals surface area contributed by atoms with Gasteiger partial charge in [-0.05, 0) is 48.6 Å². The first-order valence-corrected chi connectivity index (χ1v) is 12.5. The van der Waals surface area contributed by atoms with Crippen LogP contribution >= 0.6 is 0 Å². The molecule has 4 aromatic rings. The first-order valence-electron chi connectivity index (χ1n) is 12.5. The molecule has 0 atom stereocenters. The van der Waals surface area contributed by atoms with E-state index >= 15 is 0 Å². The number of fused-ring (bicyclic) bond motifs is 1. The first kappa shape index (κ1) is 24.3. The van der Waals surface area contributed by atoms with E-state index in [0.29, 0.717) is 24.3 Å². The number of hydrogen-bond acceptors (Lipinski definition) is 4. The van der Waals surface area contributed by atoms with Gasteiger partial charge in [0.25, 0.3) is 11.8 Å². The van der Waals surface area contributed by atoms with Gasteiger partial charge in [0.15, 0.2) is 5.76 Å². The molecule has 1 aromatic heterocycles. The molecule has 1 heterocycles. The second kappa shape index (κ2) is 10.7. The van der Waals surface area contributed by atoms with Crippen LogP contribution in [0.25, 0.3) is 11.1 Å². The molecular weight excluding hydrogens is 462 g/mol. The number of furan rings is 1. The highest BCUT2D eigenvalue weighted by Gasteiger charge is 2.29. The summed E-state index contributed by atoms with van der Waals surface area (Å²) in [5.74, 6) is 0.637. The largest absolute Gasteiger partial charge is 0.455 e. The highest BCUT2D eigenvalue weighted by molar-refractivity contribution is 6.07. The van der Waals surface area contributed by atoms with Crippen molar-refractivity contribution < 1.29 is 14.0 Å². The Morgan fingerprint density at radius 2 is 1.54 bits per heavy atom. The van der Waals surface area contributed by atoms with E-state index < -0.39 is 0 Å². The molecule has 0 aliphatic heterocycles. The Balaban J connectivity index is 1.31. The molecule has 0 bridgehead atoms. The Morgan fingerprint density at radius 1 is 0.892 bits per heavy atom. The molecule has 2 amide bonds. The summed E-state index contributed by atoms with van der Waals surface area (Å²) < 4.78 is 6.05. The minimum absolute atomic E-state index is 0.169. The normalized spacial score (nSPS) is 13.7. The van der Waals surface area contributed by atoms with E-state index in [9.17, 15) is 9.59 Å². The topological polar surface area (TPSA) is 74.9 Å². The number of carbonyl (C=O) groups is 2. The molecule has 1 aliphatic rings. The second-order valence-corrected chi connectivity index (χ2v) is 9.30. The van der Waals surface area contributed by atoms with Crippen LogP contribution < -0.4 is 5.43 Å². The Morgan fingerprint density at radius 3 is 2.24 bits per heavy atom. The van der Waals surface area contributed by atoms with Gasteiger partial charge in [0.1, 0.15) is 5.76 Å². The van der Waals surface area contributed by atoms with E-state index in [2.05, 4.69) is 10.5 Å². The van der Waals surface area contributed by atoms with E-state index in [-0.39, 0.29) is 11.8 Å². The number of benzene rings is 3. The fourth-order valence-electron chi connectivity index (χ4n) is 4.71. The first-order chi connectivity index (χ1) is 18.0. The Hall–Kier alpha value is -4.45. The van der Waals surface area contributed by atoms with Crippen molar-refractivity contribution in [3.05, 3.63) is 119 Å². The summed E-state index contributed by atoms with van der Waals surface area (Å²) in [5.41, 5.74) is 8.76. The maximum Gasteiger partial charge on any atom is 0.289 e. The van der Waals surface area contributed by atoms with Crippen LogP contribution in [0, 0.1) is 6.92 Å². The summed E-state index contributed by atoms with van der Waals surface area (Å²) in [6, 6.07) is 27.3. The molecular formula is C31H29N3O3. The Kier molecular flexibility index (Phi) is 6.99. The molecule has 1 N–H and O–H groups in total. The summed E-state index contributed by atoms with van der Waals surface area (Å²) in [7, 11) is 1.77. The highest BCUT2D eigenvalue weighted by Crippen LogP contribution is 2.30. The zero-order valence-corrected chi connectivity index (χ0v) is 21.0. The monoisotopic (exact) mass is 491 g/mol. The second-order valence-electron chi connectivity index (χ2n) is 9.30. The third-order valence-electron chi connectivity index (χ3n) is 6.68. The van der Waals surface area contributed by atoms with Gasteiger partial charge in [-0.3, -0.25) is 9.59 Å². The van der Waals surface area contributed by atoms with Crippen molar-refractivity contribution in [2.24, 2.45) is 5.10 Å². The lowest BCUT2D eigenvalue weighted by Gasteiger charge is -2.16. The maximum absolute atomic E-state index is 13.2. The lowest BCUT2D eigenvalue weighted by molar-refractivity contribution is 0.0750.